The first-order valence-electron chi connectivity index (χ1n) is 3.90. The van der Waals surface area contributed by atoms with Crippen LogP contribution in [0.15, 0.2) is 6.07 Å². The zero-order chi connectivity index (χ0) is 10.0. The number of methoxy groups -OCH3 is 1. The van der Waals surface area contributed by atoms with Crippen molar-refractivity contribution in [3.8, 4) is 5.75 Å². The summed E-state index contributed by atoms with van der Waals surface area (Å²) < 4.78 is 5.16. The number of hydrogen-bond acceptors (Lipinski definition) is 2. The Morgan fingerprint density at radius 1 is 1.38 bits per heavy atom. The molecular weight excluding hydrogens is 188 g/mol. The Morgan fingerprint density at radius 3 is 2.46 bits per heavy atom. The van der Waals surface area contributed by atoms with Crippen LogP contribution in [0.3, 0.4) is 0 Å². The van der Waals surface area contributed by atoms with Crippen LogP contribution >= 0.6 is 11.6 Å². The van der Waals surface area contributed by atoms with E-state index in [1.807, 2.05) is 13.8 Å². The topological polar surface area (TPSA) is 26.3 Å². The molecule has 3 heteroatoms. The van der Waals surface area contributed by atoms with E-state index in [1.54, 1.807) is 13.2 Å². The molecule has 0 aliphatic carbocycles. The molecule has 0 atom stereocenters. The summed E-state index contributed by atoms with van der Waals surface area (Å²) >= 11 is 5.91. The third-order valence-electron chi connectivity index (χ3n) is 2.09. The maximum Gasteiger partial charge on any atom is 0.150 e. The van der Waals surface area contributed by atoms with Crippen LogP contribution in [0.1, 0.15) is 21.5 Å². The number of hydrogen-bond donors (Lipinski definition) is 0. The number of ether oxygens (including phenoxy) is 1. The lowest BCUT2D eigenvalue weighted by Gasteiger charge is -2.11. The van der Waals surface area contributed by atoms with Crippen molar-refractivity contribution in [2.24, 2.45) is 0 Å². The van der Waals surface area contributed by atoms with Gasteiger partial charge in [-0.25, -0.2) is 0 Å². The first-order valence-corrected chi connectivity index (χ1v) is 4.28. The molecule has 0 saturated carbocycles. The average molecular weight is 199 g/mol. The lowest BCUT2D eigenvalue weighted by molar-refractivity contribution is 0.112. The van der Waals surface area contributed by atoms with Gasteiger partial charge in [-0.1, -0.05) is 11.6 Å². The van der Waals surface area contributed by atoms with Gasteiger partial charge in [0.25, 0.3) is 0 Å². The van der Waals surface area contributed by atoms with E-state index in [4.69, 9.17) is 16.3 Å². The lowest BCUT2D eigenvalue weighted by atomic mass is 10.0. The van der Waals surface area contributed by atoms with E-state index in [-0.39, 0.29) is 0 Å². The van der Waals surface area contributed by atoms with Gasteiger partial charge in [-0.05, 0) is 19.9 Å². The Balaban J connectivity index is 3.47. The van der Waals surface area contributed by atoms with Crippen LogP contribution in [-0.2, 0) is 0 Å². The number of carbonyl (C=O) groups excluding carboxylic acids is 1. The summed E-state index contributed by atoms with van der Waals surface area (Å²) in [7, 11) is 1.57. The largest absolute Gasteiger partial charge is 0.496 e. The Labute approximate surface area is 82.5 Å². The van der Waals surface area contributed by atoms with Crippen molar-refractivity contribution in [2.75, 3.05) is 7.11 Å². The van der Waals surface area contributed by atoms with Crippen LogP contribution in [0, 0.1) is 13.8 Å². The number of rotatable bonds is 2. The van der Waals surface area contributed by atoms with Crippen molar-refractivity contribution in [1.82, 2.24) is 0 Å². The monoisotopic (exact) mass is 198 g/mol. The molecule has 13 heavy (non-hydrogen) atoms. The summed E-state index contributed by atoms with van der Waals surface area (Å²) in [6, 6.07) is 1.65. The fourth-order valence-corrected chi connectivity index (χ4v) is 1.51. The van der Waals surface area contributed by atoms with Gasteiger partial charge in [-0.2, -0.15) is 0 Å². The maximum atomic E-state index is 10.6. The summed E-state index contributed by atoms with van der Waals surface area (Å²) in [5.74, 6) is 0.689. The van der Waals surface area contributed by atoms with Crippen molar-refractivity contribution >= 4 is 17.9 Å². The van der Waals surface area contributed by atoms with Crippen LogP contribution in [0.4, 0.5) is 0 Å². The highest BCUT2D eigenvalue weighted by Gasteiger charge is 2.10. The van der Waals surface area contributed by atoms with E-state index in [0.29, 0.717) is 16.3 Å². The molecule has 0 unspecified atom stereocenters. The first kappa shape index (κ1) is 10.1. The van der Waals surface area contributed by atoms with Gasteiger partial charge in [0.1, 0.15) is 5.75 Å². The molecule has 0 aliphatic heterocycles. The Bertz CT molecular complexity index is 345. The standard InChI is InChI=1S/C10H11ClO2/c1-6-8(5-12)4-9(11)7(2)10(6)13-3/h4-5H,1-3H3. The first-order chi connectivity index (χ1) is 6.11. The van der Waals surface area contributed by atoms with Crippen molar-refractivity contribution in [2.45, 2.75) is 13.8 Å². The molecule has 0 bridgehead atoms. The van der Waals surface area contributed by atoms with Gasteiger partial charge in [-0.15, -0.1) is 0 Å². The second-order valence-corrected chi connectivity index (χ2v) is 3.26. The minimum Gasteiger partial charge on any atom is -0.496 e. The number of halogens is 1. The molecule has 70 valence electrons. The zero-order valence-corrected chi connectivity index (χ0v) is 8.61. The molecule has 2 nitrogen and oxygen atoms in total. The normalized spacial score (nSPS) is 9.85. The summed E-state index contributed by atoms with van der Waals surface area (Å²) in [6.45, 7) is 3.70. The number of carbonyl (C=O) groups is 1. The fraction of sp³-hybridized carbons (Fsp3) is 0.300. The Morgan fingerprint density at radius 2 is 2.00 bits per heavy atom. The van der Waals surface area contributed by atoms with Crippen molar-refractivity contribution < 1.29 is 9.53 Å². The molecule has 0 fully saturated rings. The van der Waals surface area contributed by atoms with Crippen LogP contribution in [0.25, 0.3) is 0 Å². The zero-order valence-electron chi connectivity index (χ0n) is 7.85. The molecule has 0 saturated heterocycles. The Kier molecular flexibility index (Phi) is 2.94. The van der Waals surface area contributed by atoms with Crippen LogP contribution in [-0.4, -0.2) is 13.4 Å². The molecule has 0 amide bonds. The molecule has 0 heterocycles. The third-order valence-corrected chi connectivity index (χ3v) is 2.48. The van der Waals surface area contributed by atoms with E-state index in [0.717, 1.165) is 17.4 Å². The highest BCUT2D eigenvalue weighted by atomic mass is 35.5. The number of benzene rings is 1. The van der Waals surface area contributed by atoms with Gasteiger partial charge < -0.3 is 4.74 Å². The van der Waals surface area contributed by atoms with E-state index in [1.165, 1.54) is 0 Å². The quantitative estimate of drug-likeness (QED) is 0.684. The molecular formula is C10H11ClO2. The Hall–Kier alpha value is -1.02. The molecule has 0 aliphatic rings. The SMILES string of the molecule is COc1c(C)c(Cl)cc(C=O)c1C. The third kappa shape index (κ3) is 1.68. The summed E-state index contributed by atoms with van der Waals surface area (Å²) in [4.78, 5) is 10.6. The van der Waals surface area contributed by atoms with E-state index in [2.05, 4.69) is 0 Å². The van der Waals surface area contributed by atoms with Gasteiger partial charge in [0.15, 0.2) is 6.29 Å². The van der Waals surface area contributed by atoms with Crippen LogP contribution < -0.4 is 4.74 Å². The van der Waals surface area contributed by atoms with Crippen molar-refractivity contribution in [1.29, 1.82) is 0 Å². The fourth-order valence-electron chi connectivity index (χ4n) is 1.30. The molecule has 1 rings (SSSR count). The number of aldehydes is 1. The highest BCUT2D eigenvalue weighted by molar-refractivity contribution is 6.31. The smallest absolute Gasteiger partial charge is 0.150 e. The molecule has 0 radical (unpaired) electrons. The van der Waals surface area contributed by atoms with Gasteiger partial charge in [0.2, 0.25) is 0 Å². The van der Waals surface area contributed by atoms with E-state index < -0.39 is 0 Å². The summed E-state index contributed by atoms with van der Waals surface area (Å²) in [5.41, 5.74) is 2.28. The predicted octanol–water partition coefficient (Wildman–Crippen LogP) is 2.78. The maximum absolute atomic E-state index is 10.6. The molecule has 1 aromatic rings. The summed E-state index contributed by atoms with van der Waals surface area (Å²) in [5, 5.41) is 0.560. The summed E-state index contributed by atoms with van der Waals surface area (Å²) in [6.07, 6.45) is 0.781. The van der Waals surface area contributed by atoms with Crippen molar-refractivity contribution in [3.63, 3.8) is 0 Å². The van der Waals surface area contributed by atoms with Gasteiger partial charge in [0.05, 0.1) is 7.11 Å². The highest BCUT2D eigenvalue weighted by Crippen LogP contribution is 2.31. The minimum absolute atomic E-state index is 0.560. The predicted molar refractivity (Wildman–Crippen MR) is 52.9 cm³/mol. The van der Waals surface area contributed by atoms with Gasteiger partial charge in [0, 0.05) is 21.7 Å². The van der Waals surface area contributed by atoms with Crippen LogP contribution in [0.5, 0.6) is 5.75 Å². The molecule has 0 aromatic heterocycles. The molecule has 0 N–H and O–H groups in total. The van der Waals surface area contributed by atoms with E-state index in [9.17, 15) is 4.79 Å². The molecule has 1 aromatic carbocycles. The lowest BCUT2D eigenvalue weighted by Crippen LogP contribution is -1.96. The van der Waals surface area contributed by atoms with Crippen LogP contribution in [0.2, 0.25) is 5.02 Å². The minimum atomic E-state index is 0.560. The average Bonchev–Trinajstić information content (AvgIpc) is 2.12. The second-order valence-electron chi connectivity index (χ2n) is 2.85. The van der Waals surface area contributed by atoms with Crippen molar-refractivity contribution in [3.05, 3.63) is 27.8 Å². The van der Waals surface area contributed by atoms with E-state index >= 15 is 0 Å². The van der Waals surface area contributed by atoms with Gasteiger partial charge in [-0.3, -0.25) is 4.79 Å². The second kappa shape index (κ2) is 3.79. The molecule has 0 spiro atoms. The van der Waals surface area contributed by atoms with Gasteiger partial charge >= 0.3 is 0 Å².